The van der Waals surface area contributed by atoms with Gasteiger partial charge in [0.25, 0.3) is 0 Å². The molecule has 1 heterocycles. The van der Waals surface area contributed by atoms with Gasteiger partial charge < -0.3 is 24.8 Å². The van der Waals surface area contributed by atoms with Crippen molar-refractivity contribution in [3.8, 4) is 28.7 Å². The number of fused-ring (bicyclic) bond motifs is 1. The third-order valence-corrected chi connectivity index (χ3v) is 3.18. The zero-order valence-electron chi connectivity index (χ0n) is 11.1. The van der Waals surface area contributed by atoms with Crippen LogP contribution in [0.25, 0.3) is 0 Å². The highest BCUT2D eigenvalue weighted by Gasteiger charge is 2.28. The van der Waals surface area contributed by atoms with Crippen LogP contribution in [0.3, 0.4) is 0 Å². The summed E-state index contributed by atoms with van der Waals surface area (Å²) in [5.41, 5.74) is 1.22. The van der Waals surface area contributed by atoms with Crippen LogP contribution in [0.4, 0.5) is 0 Å². The lowest BCUT2D eigenvalue weighted by atomic mass is 10.1. The van der Waals surface area contributed by atoms with Gasteiger partial charge in [0.15, 0.2) is 11.5 Å². The van der Waals surface area contributed by atoms with Crippen LogP contribution >= 0.6 is 0 Å². The van der Waals surface area contributed by atoms with Crippen molar-refractivity contribution < 1.29 is 29.6 Å². The minimum atomic E-state index is -0.545. The monoisotopic (exact) mass is 288 g/mol. The predicted molar refractivity (Wildman–Crippen MR) is 71.8 cm³/mol. The molecule has 1 aliphatic rings. The number of hydrogen-bond donors (Lipinski definition) is 3. The molecule has 0 aliphatic carbocycles. The molecule has 21 heavy (non-hydrogen) atoms. The number of carbonyl (C=O) groups is 1. The van der Waals surface area contributed by atoms with Crippen molar-refractivity contribution in [3.63, 3.8) is 0 Å². The zero-order valence-corrected chi connectivity index (χ0v) is 11.1. The van der Waals surface area contributed by atoms with Crippen LogP contribution in [-0.4, -0.2) is 21.3 Å². The van der Waals surface area contributed by atoms with Gasteiger partial charge in [-0.3, -0.25) is 0 Å². The Morgan fingerprint density at radius 2 is 1.81 bits per heavy atom. The quantitative estimate of drug-likeness (QED) is 0.735. The molecular weight excluding hydrogens is 276 g/mol. The summed E-state index contributed by atoms with van der Waals surface area (Å²) in [4.78, 5) is 11.7. The van der Waals surface area contributed by atoms with E-state index < -0.39 is 5.97 Å². The van der Waals surface area contributed by atoms with Crippen molar-refractivity contribution in [2.75, 3.05) is 0 Å². The van der Waals surface area contributed by atoms with Gasteiger partial charge in [0, 0.05) is 17.7 Å². The van der Waals surface area contributed by atoms with E-state index in [1.165, 1.54) is 18.2 Å². The average Bonchev–Trinajstić information content (AvgIpc) is 2.75. The van der Waals surface area contributed by atoms with Crippen molar-refractivity contribution >= 4 is 5.97 Å². The molecule has 3 rings (SSSR count). The second-order valence-electron chi connectivity index (χ2n) is 4.77. The summed E-state index contributed by atoms with van der Waals surface area (Å²) in [6, 6.07) is 5.24. The Kier molecular flexibility index (Phi) is 2.86. The van der Waals surface area contributed by atoms with Crippen molar-refractivity contribution in [2.45, 2.75) is 13.5 Å². The molecule has 0 atom stereocenters. The predicted octanol–water partition coefficient (Wildman–Crippen LogP) is 2.57. The van der Waals surface area contributed by atoms with E-state index in [9.17, 15) is 20.1 Å². The molecule has 0 unspecified atom stereocenters. The van der Waals surface area contributed by atoms with Crippen LogP contribution in [0.2, 0.25) is 0 Å². The third-order valence-electron chi connectivity index (χ3n) is 3.18. The number of ether oxygens (including phenoxy) is 2. The third kappa shape index (κ3) is 2.20. The van der Waals surface area contributed by atoms with Gasteiger partial charge in [0.1, 0.15) is 29.4 Å². The van der Waals surface area contributed by atoms with E-state index in [4.69, 9.17) is 9.47 Å². The first-order valence-electron chi connectivity index (χ1n) is 6.19. The van der Waals surface area contributed by atoms with Gasteiger partial charge in [-0.1, -0.05) is 0 Å². The number of esters is 1. The maximum atomic E-state index is 11.7. The van der Waals surface area contributed by atoms with Crippen molar-refractivity contribution in [1.82, 2.24) is 0 Å². The molecule has 2 aromatic rings. The molecule has 0 saturated carbocycles. The number of rotatable bonds is 2. The smallest absolute Gasteiger partial charge is 0.342 e. The van der Waals surface area contributed by atoms with E-state index in [2.05, 4.69) is 0 Å². The molecule has 3 N–H and O–H groups in total. The van der Waals surface area contributed by atoms with Gasteiger partial charge >= 0.3 is 5.97 Å². The van der Waals surface area contributed by atoms with Gasteiger partial charge in [-0.2, -0.15) is 0 Å². The maximum Gasteiger partial charge on any atom is 0.342 e. The second-order valence-corrected chi connectivity index (χ2v) is 4.77. The van der Waals surface area contributed by atoms with Gasteiger partial charge in [0.2, 0.25) is 0 Å². The number of cyclic esters (lactones) is 1. The number of carbonyl (C=O) groups excluding carboxylic acids is 1. The first kappa shape index (κ1) is 13.1. The van der Waals surface area contributed by atoms with E-state index in [1.54, 1.807) is 6.92 Å². The number of phenolic OH excluding ortho intramolecular Hbond substituents is 3. The van der Waals surface area contributed by atoms with Gasteiger partial charge in [-0.15, -0.1) is 0 Å². The Morgan fingerprint density at radius 1 is 1.10 bits per heavy atom. The van der Waals surface area contributed by atoms with Crippen LogP contribution in [0, 0.1) is 6.92 Å². The highest BCUT2D eigenvalue weighted by molar-refractivity contribution is 5.96. The van der Waals surface area contributed by atoms with Crippen molar-refractivity contribution in [1.29, 1.82) is 0 Å². The molecule has 0 fully saturated rings. The molecule has 0 radical (unpaired) electrons. The number of phenols is 3. The number of benzene rings is 2. The molecule has 6 nitrogen and oxygen atoms in total. The minimum absolute atomic E-state index is 0.0689. The van der Waals surface area contributed by atoms with Gasteiger partial charge in [0.05, 0.1) is 0 Å². The highest BCUT2D eigenvalue weighted by atomic mass is 16.5. The summed E-state index contributed by atoms with van der Waals surface area (Å²) in [5, 5.41) is 28.9. The SMILES string of the molecule is Cc1cc(O)cc(O)c1Oc1cc(O)cc2c1C(=O)OC2. The summed E-state index contributed by atoms with van der Waals surface area (Å²) < 4.78 is 10.5. The van der Waals surface area contributed by atoms with Crippen LogP contribution in [0.1, 0.15) is 21.5 Å². The fourth-order valence-electron chi connectivity index (χ4n) is 2.28. The normalized spacial score (nSPS) is 12.9. The van der Waals surface area contributed by atoms with E-state index >= 15 is 0 Å². The lowest BCUT2D eigenvalue weighted by Gasteiger charge is -2.13. The van der Waals surface area contributed by atoms with E-state index in [0.29, 0.717) is 11.1 Å². The van der Waals surface area contributed by atoms with Gasteiger partial charge in [-0.25, -0.2) is 4.79 Å². The van der Waals surface area contributed by atoms with E-state index in [-0.39, 0.29) is 40.9 Å². The molecule has 0 spiro atoms. The van der Waals surface area contributed by atoms with Gasteiger partial charge in [-0.05, 0) is 24.6 Å². The Balaban J connectivity index is 2.10. The standard InChI is InChI=1S/C15H12O6/c1-7-2-9(16)4-11(18)14(7)21-12-5-10(17)3-8-6-20-15(19)13(8)12/h2-5,16-18H,6H2,1H3. The van der Waals surface area contributed by atoms with Crippen LogP contribution in [0.15, 0.2) is 24.3 Å². The summed E-state index contributed by atoms with van der Waals surface area (Å²) in [6.45, 7) is 1.70. The summed E-state index contributed by atoms with van der Waals surface area (Å²) in [6.07, 6.45) is 0. The largest absolute Gasteiger partial charge is 0.508 e. The Labute approximate surface area is 119 Å². The Hall–Kier alpha value is -2.89. The van der Waals surface area contributed by atoms with Crippen LogP contribution in [0.5, 0.6) is 28.7 Å². The average molecular weight is 288 g/mol. The number of aromatic hydroxyl groups is 3. The molecule has 0 aromatic heterocycles. The van der Waals surface area contributed by atoms with Crippen LogP contribution in [-0.2, 0) is 11.3 Å². The fourth-order valence-corrected chi connectivity index (χ4v) is 2.28. The summed E-state index contributed by atoms with van der Waals surface area (Å²) >= 11 is 0. The molecule has 0 amide bonds. The Bertz CT molecular complexity index is 727. The topological polar surface area (TPSA) is 96.2 Å². The van der Waals surface area contributed by atoms with E-state index in [1.807, 2.05) is 0 Å². The second kappa shape index (κ2) is 4.59. The minimum Gasteiger partial charge on any atom is -0.508 e. The first-order valence-corrected chi connectivity index (χ1v) is 6.19. The lowest BCUT2D eigenvalue weighted by molar-refractivity contribution is 0.0533. The van der Waals surface area contributed by atoms with Crippen LogP contribution < -0.4 is 4.74 Å². The Morgan fingerprint density at radius 3 is 2.52 bits per heavy atom. The highest BCUT2D eigenvalue weighted by Crippen LogP contribution is 2.41. The molecule has 0 bridgehead atoms. The molecule has 6 heteroatoms. The summed E-state index contributed by atoms with van der Waals surface area (Å²) in [7, 11) is 0. The molecular formula is C15H12O6. The lowest BCUT2D eigenvalue weighted by Crippen LogP contribution is -1.99. The fraction of sp³-hybridized carbons (Fsp3) is 0.133. The first-order chi connectivity index (χ1) is 9.95. The maximum absolute atomic E-state index is 11.7. The zero-order chi connectivity index (χ0) is 15.1. The number of hydrogen-bond acceptors (Lipinski definition) is 6. The molecule has 0 saturated heterocycles. The number of aryl methyl sites for hydroxylation is 1. The molecule has 108 valence electrons. The van der Waals surface area contributed by atoms with Crippen molar-refractivity contribution in [3.05, 3.63) is 41.0 Å². The summed E-state index contributed by atoms with van der Waals surface area (Å²) in [5.74, 6) is -0.792. The molecule has 2 aromatic carbocycles. The van der Waals surface area contributed by atoms with Crippen molar-refractivity contribution in [2.24, 2.45) is 0 Å². The van der Waals surface area contributed by atoms with E-state index in [0.717, 1.165) is 6.07 Å². The molecule has 1 aliphatic heterocycles.